The number of halogens is 1. The number of nitrogens with zero attached hydrogens (tertiary/aromatic N) is 2. The van der Waals surface area contributed by atoms with Crippen LogP contribution in [0.1, 0.15) is 17.2 Å². The highest BCUT2D eigenvalue weighted by atomic mass is 79.9. The largest absolute Gasteiger partial charge is 0.496 e. The lowest BCUT2D eigenvalue weighted by atomic mass is 10.0. The predicted molar refractivity (Wildman–Crippen MR) is 91.0 cm³/mol. The molecule has 1 aliphatic heterocycles. The van der Waals surface area contributed by atoms with Gasteiger partial charge in [-0.15, -0.1) is 0 Å². The molecule has 1 aliphatic rings. The second-order valence-electron chi connectivity index (χ2n) is 5.43. The Labute approximate surface area is 139 Å². The number of rotatable bonds is 4. The zero-order valence-corrected chi connectivity index (χ0v) is 14.2. The van der Waals surface area contributed by atoms with Crippen LogP contribution in [0.25, 0.3) is 0 Å². The van der Waals surface area contributed by atoms with E-state index in [1.165, 1.54) is 11.1 Å². The van der Waals surface area contributed by atoms with E-state index in [0.717, 1.165) is 36.4 Å². The van der Waals surface area contributed by atoms with Crippen LogP contribution in [0, 0.1) is 0 Å². The average molecular weight is 362 g/mol. The molecule has 1 saturated heterocycles. The molecule has 0 amide bonds. The van der Waals surface area contributed by atoms with Gasteiger partial charge >= 0.3 is 0 Å². The van der Waals surface area contributed by atoms with Crippen molar-refractivity contribution in [3.8, 4) is 5.75 Å². The predicted octanol–water partition coefficient (Wildman–Crippen LogP) is 3.00. The number of hydrogen-bond donors (Lipinski definition) is 1. The van der Waals surface area contributed by atoms with E-state index in [0.29, 0.717) is 6.04 Å². The van der Waals surface area contributed by atoms with Crippen LogP contribution in [0.4, 0.5) is 0 Å². The first-order valence-electron chi connectivity index (χ1n) is 7.45. The Hall–Kier alpha value is -1.43. The SMILES string of the molecule is COc1ccc(Br)cc1CN1CCNCC1c1cccnc1. The zero-order chi connectivity index (χ0) is 15.4. The summed E-state index contributed by atoms with van der Waals surface area (Å²) in [6, 6.07) is 10.7. The molecule has 3 rings (SSSR count). The van der Waals surface area contributed by atoms with Crippen molar-refractivity contribution in [1.29, 1.82) is 0 Å². The Morgan fingerprint density at radius 1 is 1.41 bits per heavy atom. The molecule has 22 heavy (non-hydrogen) atoms. The number of nitrogens with one attached hydrogen (secondary N) is 1. The summed E-state index contributed by atoms with van der Waals surface area (Å²) in [6.45, 7) is 3.83. The standard InChI is InChI=1S/C17H20BrN3O/c1-22-17-5-4-15(18)9-14(17)12-21-8-7-20-11-16(21)13-3-2-6-19-10-13/h2-6,9-10,16,20H,7-8,11-12H2,1H3. The van der Waals surface area contributed by atoms with Crippen molar-refractivity contribution in [2.75, 3.05) is 26.7 Å². The molecule has 0 saturated carbocycles. The number of pyridine rings is 1. The lowest BCUT2D eigenvalue weighted by Crippen LogP contribution is -2.45. The van der Waals surface area contributed by atoms with Gasteiger partial charge in [-0.2, -0.15) is 0 Å². The van der Waals surface area contributed by atoms with Crippen LogP contribution in [0.15, 0.2) is 47.2 Å². The van der Waals surface area contributed by atoms with E-state index in [4.69, 9.17) is 4.74 Å². The maximum atomic E-state index is 5.51. The molecule has 1 aromatic carbocycles. The van der Waals surface area contributed by atoms with Crippen molar-refractivity contribution in [3.05, 3.63) is 58.3 Å². The third kappa shape index (κ3) is 3.48. The summed E-state index contributed by atoms with van der Waals surface area (Å²) in [4.78, 5) is 6.75. The monoisotopic (exact) mass is 361 g/mol. The van der Waals surface area contributed by atoms with Gasteiger partial charge in [0.15, 0.2) is 0 Å². The van der Waals surface area contributed by atoms with Gasteiger partial charge < -0.3 is 10.1 Å². The van der Waals surface area contributed by atoms with Crippen LogP contribution >= 0.6 is 15.9 Å². The third-order valence-electron chi connectivity index (χ3n) is 4.04. The van der Waals surface area contributed by atoms with Crippen LogP contribution < -0.4 is 10.1 Å². The summed E-state index contributed by atoms with van der Waals surface area (Å²) in [5.74, 6) is 0.937. The highest BCUT2D eigenvalue weighted by Crippen LogP contribution is 2.28. The topological polar surface area (TPSA) is 37.4 Å². The van der Waals surface area contributed by atoms with Crippen LogP contribution in [0.2, 0.25) is 0 Å². The molecular formula is C17H20BrN3O. The van der Waals surface area contributed by atoms with E-state index >= 15 is 0 Å². The highest BCUT2D eigenvalue weighted by molar-refractivity contribution is 9.10. The smallest absolute Gasteiger partial charge is 0.123 e. The molecule has 2 aromatic rings. The van der Waals surface area contributed by atoms with Crippen molar-refractivity contribution in [2.24, 2.45) is 0 Å². The van der Waals surface area contributed by atoms with E-state index in [9.17, 15) is 0 Å². The van der Waals surface area contributed by atoms with E-state index in [2.05, 4.69) is 43.3 Å². The first kappa shape index (κ1) is 15.5. The summed E-state index contributed by atoms with van der Waals surface area (Å²) in [7, 11) is 1.73. The second kappa shape index (κ2) is 7.22. The van der Waals surface area contributed by atoms with Crippen molar-refractivity contribution >= 4 is 15.9 Å². The minimum atomic E-state index is 0.339. The molecule has 1 aromatic heterocycles. The minimum Gasteiger partial charge on any atom is -0.496 e. The first-order chi connectivity index (χ1) is 10.8. The molecule has 5 heteroatoms. The molecule has 1 atom stereocenters. The molecule has 0 radical (unpaired) electrons. The van der Waals surface area contributed by atoms with Gasteiger partial charge in [0.1, 0.15) is 5.75 Å². The fourth-order valence-corrected chi connectivity index (χ4v) is 3.34. The fraction of sp³-hybridized carbons (Fsp3) is 0.353. The van der Waals surface area contributed by atoms with Gasteiger partial charge in [-0.05, 0) is 29.8 Å². The van der Waals surface area contributed by atoms with Crippen LogP contribution in [0.5, 0.6) is 5.75 Å². The molecule has 0 aliphatic carbocycles. The van der Waals surface area contributed by atoms with Crippen LogP contribution in [0.3, 0.4) is 0 Å². The molecule has 1 N–H and O–H groups in total. The lowest BCUT2D eigenvalue weighted by molar-refractivity contribution is 0.152. The Morgan fingerprint density at radius 3 is 3.09 bits per heavy atom. The van der Waals surface area contributed by atoms with Gasteiger partial charge in [0.05, 0.1) is 7.11 Å². The quantitative estimate of drug-likeness (QED) is 0.908. The van der Waals surface area contributed by atoms with Gasteiger partial charge in [0.25, 0.3) is 0 Å². The van der Waals surface area contributed by atoms with E-state index in [-0.39, 0.29) is 0 Å². The number of benzene rings is 1. The number of aromatic nitrogens is 1. The molecule has 1 unspecified atom stereocenters. The normalized spacial score (nSPS) is 19.1. The van der Waals surface area contributed by atoms with Crippen LogP contribution in [-0.2, 0) is 6.54 Å². The first-order valence-corrected chi connectivity index (χ1v) is 8.24. The van der Waals surface area contributed by atoms with Crippen molar-refractivity contribution < 1.29 is 4.74 Å². The molecule has 2 heterocycles. The van der Waals surface area contributed by atoms with E-state index in [1.54, 1.807) is 7.11 Å². The molecule has 4 nitrogen and oxygen atoms in total. The average Bonchev–Trinajstić information content (AvgIpc) is 2.56. The van der Waals surface area contributed by atoms with Gasteiger partial charge in [0, 0.05) is 54.7 Å². The second-order valence-corrected chi connectivity index (χ2v) is 6.35. The van der Waals surface area contributed by atoms with Gasteiger partial charge in [-0.25, -0.2) is 0 Å². The summed E-state index contributed by atoms with van der Waals surface area (Å²) >= 11 is 3.55. The summed E-state index contributed by atoms with van der Waals surface area (Å²) in [6.07, 6.45) is 3.78. The van der Waals surface area contributed by atoms with Gasteiger partial charge in [-0.3, -0.25) is 9.88 Å². The summed E-state index contributed by atoms with van der Waals surface area (Å²) in [5, 5.41) is 3.48. The number of piperazine rings is 1. The molecule has 0 bridgehead atoms. The maximum absolute atomic E-state index is 5.51. The Bertz CT molecular complexity index is 621. The Morgan fingerprint density at radius 2 is 2.32 bits per heavy atom. The summed E-state index contributed by atoms with van der Waals surface area (Å²) in [5.41, 5.74) is 2.45. The molecule has 1 fully saturated rings. The van der Waals surface area contributed by atoms with E-state index in [1.807, 2.05) is 30.6 Å². The van der Waals surface area contributed by atoms with Crippen molar-refractivity contribution in [3.63, 3.8) is 0 Å². The van der Waals surface area contributed by atoms with Crippen molar-refractivity contribution in [2.45, 2.75) is 12.6 Å². The van der Waals surface area contributed by atoms with Gasteiger partial charge in [0.2, 0.25) is 0 Å². The Balaban J connectivity index is 1.84. The third-order valence-corrected chi connectivity index (χ3v) is 4.53. The van der Waals surface area contributed by atoms with Crippen LogP contribution in [-0.4, -0.2) is 36.6 Å². The zero-order valence-electron chi connectivity index (χ0n) is 12.6. The molecule has 0 spiro atoms. The number of hydrogen-bond acceptors (Lipinski definition) is 4. The highest BCUT2D eigenvalue weighted by Gasteiger charge is 2.24. The maximum Gasteiger partial charge on any atom is 0.123 e. The number of ether oxygens (including phenoxy) is 1. The molecular weight excluding hydrogens is 342 g/mol. The minimum absolute atomic E-state index is 0.339. The van der Waals surface area contributed by atoms with Gasteiger partial charge in [-0.1, -0.05) is 22.0 Å². The lowest BCUT2D eigenvalue weighted by Gasteiger charge is -2.36. The fourth-order valence-electron chi connectivity index (χ4n) is 2.93. The number of methoxy groups -OCH3 is 1. The van der Waals surface area contributed by atoms with Crippen molar-refractivity contribution in [1.82, 2.24) is 15.2 Å². The van der Waals surface area contributed by atoms with E-state index < -0.39 is 0 Å². The Kier molecular flexibility index (Phi) is 5.08. The molecule has 116 valence electrons. The summed E-state index contributed by atoms with van der Waals surface area (Å²) < 4.78 is 6.59.